The summed E-state index contributed by atoms with van der Waals surface area (Å²) in [5.74, 6) is 0.194. The summed E-state index contributed by atoms with van der Waals surface area (Å²) in [5.41, 5.74) is 3.51. The van der Waals surface area contributed by atoms with Gasteiger partial charge < -0.3 is 10.1 Å². The number of benzene rings is 2. The van der Waals surface area contributed by atoms with Gasteiger partial charge in [0.25, 0.3) is 0 Å². The van der Waals surface area contributed by atoms with E-state index in [1.54, 1.807) is 23.1 Å². The molecule has 0 radical (unpaired) electrons. The highest BCUT2D eigenvalue weighted by Gasteiger charge is 2.46. The van der Waals surface area contributed by atoms with E-state index in [-0.39, 0.29) is 24.3 Å². The van der Waals surface area contributed by atoms with Gasteiger partial charge in [0.05, 0.1) is 18.5 Å². The smallest absolute Gasteiger partial charge is 0.242 e. The maximum atomic E-state index is 13.1. The van der Waals surface area contributed by atoms with Crippen molar-refractivity contribution < 1.29 is 14.3 Å². The first-order chi connectivity index (χ1) is 14.9. The first-order valence-corrected chi connectivity index (χ1v) is 11.4. The molecule has 2 amide bonds. The first-order valence-electron chi connectivity index (χ1n) is 10.1. The minimum Gasteiger partial charge on any atom is -0.495 e. The number of aliphatic imine (C=N–C) groups is 1. The van der Waals surface area contributed by atoms with Crippen LogP contribution in [-0.2, 0) is 9.59 Å². The molecule has 1 atom stereocenters. The molecule has 1 saturated heterocycles. The summed E-state index contributed by atoms with van der Waals surface area (Å²) in [4.78, 5) is 32.4. The number of nitrogens with zero attached hydrogens (tertiary/aromatic N) is 2. The van der Waals surface area contributed by atoms with Crippen LogP contribution in [0.25, 0.3) is 0 Å². The number of ether oxygens (including phenoxy) is 1. The maximum absolute atomic E-state index is 13.1. The molecule has 162 valence electrons. The van der Waals surface area contributed by atoms with Crippen molar-refractivity contribution in [1.82, 2.24) is 4.90 Å². The highest BCUT2D eigenvalue weighted by atomic mass is 35.5. The molecule has 31 heavy (non-hydrogen) atoms. The lowest BCUT2D eigenvalue weighted by molar-refractivity contribution is -0.128. The fraction of sp³-hybridized carbons (Fsp3) is 0.348. The van der Waals surface area contributed by atoms with Gasteiger partial charge in [-0.05, 0) is 62.1 Å². The van der Waals surface area contributed by atoms with E-state index in [2.05, 4.69) is 5.32 Å². The SMILES string of the molecule is COc1ccc(Cl)cc1NC(=O)CC1SC(=Nc2cc(C)ccc2C)N(C2CC2)C1=O. The topological polar surface area (TPSA) is 71.0 Å². The van der Waals surface area contributed by atoms with Gasteiger partial charge in [-0.2, -0.15) is 0 Å². The Labute approximate surface area is 191 Å². The average Bonchev–Trinajstić information content (AvgIpc) is 3.51. The van der Waals surface area contributed by atoms with Gasteiger partial charge in [0.2, 0.25) is 11.8 Å². The minimum atomic E-state index is -0.505. The third-order valence-electron chi connectivity index (χ3n) is 5.27. The number of aryl methyl sites for hydroxylation is 2. The van der Waals surface area contributed by atoms with E-state index < -0.39 is 5.25 Å². The predicted molar refractivity (Wildman–Crippen MR) is 126 cm³/mol. The zero-order valence-electron chi connectivity index (χ0n) is 17.6. The van der Waals surface area contributed by atoms with Crippen LogP contribution in [0.3, 0.4) is 0 Å². The Balaban J connectivity index is 1.52. The number of thioether (sulfide) groups is 1. The van der Waals surface area contributed by atoms with Crippen molar-refractivity contribution >= 4 is 51.7 Å². The van der Waals surface area contributed by atoms with Gasteiger partial charge in [-0.15, -0.1) is 0 Å². The van der Waals surface area contributed by atoms with Crippen molar-refractivity contribution in [2.75, 3.05) is 12.4 Å². The molecule has 4 rings (SSSR count). The van der Waals surface area contributed by atoms with Crippen molar-refractivity contribution in [1.29, 1.82) is 0 Å². The molecule has 0 spiro atoms. The molecule has 0 aromatic heterocycles. The number of hydrogen-bond acceptors (Lipinski definition) is 5. The van der Waals surface area contributed by atoms with Gasteiger partial charge in [-0.3, -0.25) is 14.5 Å². The molecular formula is C23H24ClN3O3S. The van der Waals surface area contributed by atoms with Gasteiger partial charge in [-0.25, -0.2) is 4.99 Å². The number of carbonyl (C=O) groups excluding carboxylic acids is 2. The monoisotopic (exact) mass is 457 g/mol. The van der Waals surface area contributed by atoms with Crippen molar-refractivity contribution in [3.8, 4) is 5.75 Å². The Morgan fingerprint density at radius 2 is 2.03 bits per heavy atom. The Hall–Kier alpha value is -2.51. The van der Waals surface area contributed by atoms with E-state index in [0.29, 0.717) is 21.6 Å². The number of methoxy groups -OCH3 is 1. The molecule has 1 saturated carbocycles. The molecule has 1 aliphatic heterocycles. The standard InChI is InChI=1S/C23H24ClN3O3S/c1-13-4-5-14(2)17(10-13)26-23-27(16-7-8-16)22(29)20(31-23)12-21(28)25-18-11-15(24)6-9-19(18)30-3/h4-6,9-11,16,20H,7-8,12H2,1-3H3,(H,25,28). The summed E-state index contributed by atoms with van der Waals surface area (Å²) in [7, 11) is 1.53. The van der Waals surface area contributed by atoms with Crippen LogP contribution in [0.2, 0.25) is 5.02 Å². The van der Waals surface area contributed by atoms with Crippen LogP contribution < -0.4 is 10.1 Å². The highest BCUT2D eigenvalue weighted by Crippen LogP contribution is 2.40. The van der Waals surface area contributed by atoms with Gasteiger partial charge in [0.1, 0.15) is 11.0 Å². The molecule has 1 heterocycles. The molecule has 2 aliphatic rings. The summed E-state index contributed by atoms with van der Waals surface area (Å²) >= 11 is 7.41. The third-order valence-corrected chi connectivity index (χ3v) is 6.65. The summed E-state index contributed by atoms with van der Waals surface area (Å²) in [5, 5.41) is 3.48. The summed E-state index contributed by atoms with van der Waals surface area (Å²) < 4.78 is 5.28. The van der Waals surface area contributed by atoms with Crippen LogP contribution in [0.5, 0.6) is 5.75 Å². The van der Waals surface area contributed by atoms with Crippen LogP contribution in [0.15, 0.2) is 41.4 Å². The lowest BCUT2D eigenvalue weighted by Gasteiger charge is -2.16. The molecule has 1 unspecified atom stereocenters. The number of carbonyl (C=O) groups is 2. The third kappa shape index (κ3) is 4.88. The Bertz CT molecular complexity index is 1070. The second kappa shape index (κ2) is 8.93. The lowest BCUT2D eigenvalue weighted by Crippen LogP contribution is -2.35. The number of hydrogen-bond donors (Lipinski definition) is 1. The predicted octanol–water partition coefficient (Wildman–Crippen LogP) is 5.09. The van der Waals surface area contributed by atoms with E-state index in [1.165, 1.54) is 18.9 Å². The number of rotatable bonds is 6. The van der Waals surface area contributed by atoms with E-state index in [1.807, 2.05) is 32.0 Å². The number of halogens is 1. The lowest BCUT2D eigenvalue weighted by atomic mass is 10.1. The Kier molecular flexibility index (Phi) is 6.25. The second-order valence-corrected chi connectivity index (χ2v) is 9.43. The van der Waals surface area contributed by atoms with E-state index >= 15 is 0 Å². The minimum absolute atomic E-state index is 0.0498. The molecule has 8 heteroatoms. The Morgan fingerprint density at radius 3 is 2.74 bits per heavy atom. The molecule has 6 nitrogen and oxygen atoms in total. The van der Waals surface area contributed by atoms with Gasteiger partial charge >= 0.3 is 0 Å². The van der Waals surface area contributed by atoms with Crippen molar-refractivity contribution in [2.24, 2.45) is 4.99 Å². The number of nitrogens with one attached hydrogen (secondary N) is 1. The van der Waals surface area contributed by atoms with Crippen LogP contribution in [0.4, 0.5) is 11.4 Å². The molecule has 0 bridgehead atoms. The van der Waals surface area contributed by atoms with E-state index in [0.717, 1.165) is 29.7 Å². The maximum Gasteiger partial charge on any atom is 0.242 e. The van der Waals surface area contributed by atoms with Crippen LogP contribution >= 0.6 is 23.4 Å². The fourth-order valence-corrected chi connectivity index (χ4v) is 4.83. The summed E-state index contributed by atoms with van der Waals surface area (Å²) in [6, 6.07) is 11.3. The van der Waals surface area contributed by atoms with E-state index in [9.17, 15) is 9.59 Å². The zero-order valence-corrected chi connectivity index (χ0v) is 19.2. The van der Waals surface area contributed by atoms with E-state index in [4.69, 9.17) is 21.3 Å². The Morgan fingerprint density at radius 1 is 1.26 bits per heavy atom. The molecule has 2 aromatic rings. The van der Waals surface area contributed by atoms with Crippen molar-refractivity contribution in [2.45, 2.75) is 44.4 Å². The average molecular weight is 458 g/mol. The molecule has 2 fully saturated rings. The number of anilines is 1. The van der Waals surface area contributed by atoms with Gasteiger partial charge in [0.15, 0.2) is 5.17 Å². The second-order valence-electron chi connectivity index (χ2n) is 7.83. The van der Waals surface area contributed by atoms with Gasteiger partial charge in [-0.1, -0.05) is 35.5 Å². The first kappa shape index (κ1) is 21.7. The molecule has 1 N–H and O–H groups in total. The highest BCUT2D eigenvalue weighted by molar-refractivity contribution is 8.15. The number of amidine groups is 1. The molecule has 1 aliphatic carbocycles. The molecule has 2 aromatic carbocycles. The summed E-state index contributed by atoms with van der Waals surface area (Å²) in [6.07, 6.45) is 1.99. The van der Waals surface area contributed by atoms with Crippen molar-refractivity contribution in [3.63, 3.8) is 0 Å². The molecular weight excluding hydrogens is 434 g/mol. The normalized spacial score (nSPS) is 19.7. The summed E-state index contributed by atoms with van der Waals surface area (Å²) in [6.45, 7) is 4.02. The van der Waals surface area contributed by atoms with Crippen LogP contribution in [0.1, 0.15) is 30.4 Å². The van der Waals surface area contributed by atoms with Crippen LogP contribution in [0, 0.1) is 13.8 Å². The zero-order chi connectivity index (χ0) is 22.1. The largest absolute Gasteiger partial charge is 0.495 e. The van der Waals surface area contributed by atoms with Crippen LogP contribution in [-0.4, -0.2) is 40.3 Å². The van der Waals surface area contributed by atoms with Crippen molar-refractivity contribution in [3.05, 3.63) is 52.5 Å². The number of amides is 2. The fourth-order valence-electron chi connectivity index (χ4n) is 3.45. The van der Waals surface area contributed by atoms with Gasteiger partial charge in [0, 0.05) is 17.5 Å². The quantitative estimate of drug-likeness (QED) is 0.656.